The zero-order chi connectivity index (χ0) is 21.4. The first kappa shape index (κ1) is 19.8. The van der Waals surface area contributed by atoms with Gasteiger partial charge in [-0.2, -0.15) is 0 Å². The van der Waals surface area contributed by atoms with Crippen molar-refractivity contribution in [1.29, 1.82) is 0 Å². The smallest absolute Gasteiger partial charge is 0.251 e. The zero-order valence-electron chi connectivity index (χ0n) is 16.9. The van der Waals surface area contributed by atoms with Crippen LogP contribution >= 0.6 is 22.9 Å². The highest BCUT2D eigenvalue weighted by atomic mass is 35.5. The Morgan fingerprint density at radius 3 is 2.61 bits per heavy atom. The van der Waals surface area contributed by atoms with Crippen molar-refractivity contribution in [2.75, 3.05) is 6.54 Å². The largest absolute Gasteiger partial charge is 0.352 e. The van der Waals surface area contributed by atoms with Crippen molar-refractivity contribution in [3.8, 4) is 11.3 Å². The number of imidazole rings is 1. The first-order valence-corrected chi connectivity index (χ1v) is 11.3. The van der Waals surface area contributed by atoms with Gasteiger partial charge >= 0.3 is 0 Å². The van der Waals surface area contributed by atoms with Crippen LogP contribution in [0.1, 0.15) is 21.5 Å². The molecule has 4 nitrogen and oxygen atoms in total. The molecule has 0 radical (unpaired) electrons. The lowest BCUT2D eigenvalue weighted by atomic mass is 10.1. The number of nitrogens with zero attached hydrogens (tertiary/aromatic N) is 2. The number of halogens is 1. The zero-order valence-corrected chi connectivity index (χ0v) is 18.5. The summed E-state index contributed by atoms with van der Waals surface area (Å²) < 4.78 is 3.14. The standard InChI is InChI=1S/C25H20ClN3OS/c1-16-2-6-18(7-3-16)21-15-29-22-11-8-19(14-23(22)31-25(29)28-21)24(30)27-13-12-17-4-9-20(26)10-5-17/h2-11,14-15H,12-13H2,1H3,(H,27,30). The molecule has 5 rings (SSSR count). The third-order valence-corrected chi connectivity index (χ3v) is 6.59. The van der Waals surface area contributed by atoms with Gasteiger partial charge in [0, 0.05) is 28.9 Å². The maximum atomic E-state index is 12.6. The van der Waals surface area contributed by atoms with Gasteiger partial charge in [0.2, 0.25) is 0 Å². The van der Waals surface area contributed by atoms with Crippen LogP contribution in [0.5, 0.6) is 0 Å². The summed E-state index contributed by atoms with van der Waals surface area (Å²) in [6.07, 6.45) is 2.82. The van der Waals surface area contributed by atoms with Crippen molar-refractivity contribution >= 4 is 44.0 Å². The van der Waals surface area contributed by atoms with E-state index >= 15 is 0 Å². The van der Waals surface area contributed by atoms with E-state index in [1.165, 1.54) is 5.56 Å². The summed E-state index contributed by atoms with van der Waals surface area (Å²) in [6, 6.07) is 21.9. The Morgan fingerprint density at radius 1 is 1.06 bits per heavy atom. The van der Waals surface area contributed by atoms with Crippen LogP contribution in [0.15, 0.2) is 72.9 Å². The second kappa shape index (κ2) is 8.17. The molecular formula is C25H20ClN3OS. The molecule has 0 saturated heterocycles. The highest BCUT2D eigenvalue weighted by molar-refractivity contribution is 7.23. The Labute approximate surface area is 189 Å². The SMILES string of the molecule is Cc1ccc(-c2cn3c(n2)sc2cc(C(=O)NCCc4ccc(Cl)cc4)ccc23)cc1. The molecule has 0 aliphatic rings. The van der Waals surface area contributed by atoms with Gasteiger partial charge in [0.25, 0.3) is 5.91 Å². The summed E-state index contributed by atoms with van der Waals surface area (Å²) in [7, 11) is 0. The Bertz CT molecular complexity index is 1380. The molecule has 154 valence electrons. The molecule has 0 aliphatic carbocycles. The molecule has 0 bridgehead atoms. The van der Waals surface area contributed by atoms with E-state index in [0.717, 1.165) is 43.4 Å². The monoisotopic (exact) mass is 445 g/mol. The normalized spacial score (nSPS) is 11.3. The minimum Gasteiger partial charge on any atom is -0.352 e. The molecule has 0 unspecified atom stereocenters. The molecule has 0 aliphatic heterocycles. The Hall–Kier alpha value is -3.15. The number of amides is 1. The lowest BCUT2D eigenvalue weighted by Gasteiger charge is -2.06. The van der Waals surface area contributed by atoms with Crippen LogP contribution in [0.4, 0.5) is 0 Å². The van der Waals surface area contributed by atoms with Crippen LogP contribution in [0.25, 0.3) is 26.4 Å². The summed E-state index contributed by atoms with van der Waals surface area (Å²) >= 11 is 7.51. The molecule has 5 aromatic rings. The molecule has 1 amide bonds. The maximum Gasteiger partial charge on any atom is 0.251 e. The molecule has 0 atom stereocenters. The van der Waals surface area contributed by atoms with E-state index in [9.17, 15) is 4.79 Å². The van der Waals surface area contributed by atoms with Gasteiger partial charge in [0.05, 0.1) is 15.9 Å². The fraction of sp³-hybridized carbons (Fsp3) is 0.120. The molecule has 2 aromatic heterocycles. The number of carbonyl (C=O) groups is 1. The van der Waals surface area contributed by atoms with Crippen LogP contribution in [-0.4, -0.2) is 21.8 Å². The van der Waals surface area contributed by atoms with E-state index in [1.54, 1.807) is 11.3 Å². The molecule has 6 heteroatoms. The fourth-order valence-corrected chi connectivity index (χ4v) is 4.75. The summed E-state index contributed by atoms with van der Waals surface area (Å²) in [4.78, 5) is 18.3. The van der Waals surface area contributed by atoms with Crippen LogP contribution < -0.4 is 5.32 Å². The van der Waals surface area contributed by atoms with Gasteiger partial charge in [0.15, 0.2) is 4.96 Å². The van der Waals surface area contributed by atoms with E-state index < -0.39 is 0 Å². The third kappa shape index (κ3) is 4.07. The number of hydrogen-bond acceptors (Lipinski definition) is 3. The Kier molecular flexibility index (Phi) is 5.22. The first-order chi connectivity index (χ1) is 15.1. The van der Waals surface area contributed by atoms with E-state index in [4.69, 9.17) is 16.6 Å². The summed E-state index contributed by atoms with van der Waals surface area (Å²) in [5.74, 6) is -0.0674. The quantitative estimate of drug-likeness (QED) is 0.352. The van der Waals surface area contributed by atoms with E-state index in [1.807, 2.05) is 42.5 Å². The molecule has 2 heterocycles. The minimum absolute atomic E-state index is 0.0674. The summed E-state index contributed by atoms with van der Waals surface area (Å²) in [5, 5.41) is 3.72. The van der Waals surface area contributed by atoms with Crippen molar-refractivity contribution in [2.24, 2.45) is 0 Å². The lowest BCUT2D eigenvalue weighted by molar-refractivity contribution is 0.0954. The van der Waals surface area contributed by atoms with Crippen LogP contribution in [0.2, 0.25) is 5.02 Å². The number of hydrogen-bond donors (Lipinski definition) is 1. The first-order valence-electron chi connectivity index (χ1n) is 10.1. The molecule has 0 spiro atoms. The minimum atomic E-state index is -0.0674. The van der Waals surface area contributed by atoms with E-state index in [0.29, 0.717) is 12.1 Å². The molecule has 0 fully saturated rings. The Balaban J connectivity index is 1.33. The maximum absolute atomic E-state index is 12.6. The van der Waals surface area contributed by atoms with Gasteiger partial charge in [-0.25, -0.2) is 4.98 Å². The average Bonchev–Trinajstić information content (AvgIpc) is 3.33. The van der Waals surface area contributed by atoms with Crippen molar-refractivity contribution < 1.29 is 4.79 Å². The van der Waals surface area contributed by atoms with Gasteiger partial charge in [-0.3, -0.25) is 9.20 Å². The summed E-state index contributed by atoms with van der Waals surface area (Å²) in [6.45, 7) is 2.65. The lowest BCUT2D eigenvalue weighted by Crippen LogP contribution is -2.25. The number of fused-ring (bicyclic) bond motifs is 3. The van der Waals surface area contributed by atoms with E-state index in [-0.39, 0.29) is 5.91 Å². The van der Waals surface area contributed by atoms with Crippen molar-refractivity contribution in [3.63, 3.8) is 0 Å². The van der Waals surface area contributed by atoms with Crippen LogP contribution in [0.3, 0.4) is 0 Å². The fourth-order valence-electron chi connectivity index (χ4n) is 3.58. The van der Waals surface area contributed by atoms with Gasteiger partial charge < -0.3 is 5.32 Å². The second-order valence-corrected chi connectivity index (χ2v) is 9.01. The molecule has 31 heavy (non-hydrogen) atoms. The number of rotatable bonds is 5. The highest BCUT2D eigenvalue weighted by Gasteiger charge is 2.13. The number of nitrogens with one attached hydrogen (secondary N) is 1. The predicted octanol–water partition coefficient (Wildman–Crippen LogP) is 6.15. The topological polar surface area (TPSA) is 46.4 Å². The number of thiazole rings is 1. The van der Waals surface area contributed by atoms with Crippen LogP contribution in [-0.2, 0) is 6.42 Å². The van der Waals surface area contributed by atoms with Gasteiger partial charge in [0.1, 0.15) is 0 Å². The highest BCUT2D eigenvalue weighted by Crippen LogP contribution is 2.30. The van der Waals surface area contributed by atoms with E-state index in [2.05, 4.69) is 47.1 Å². The number of benzene rings is 3. The predicted molar refractivity (Wildman–Crippen MR) is 128 cm³/mol. The molecule has 3 aromatic carbocycles. The van der Waals surface area contributed by atoms with Crippen molar-refractivity contribution in [1.82, 2.24) is 14.7 Å². The van der Waals surface area contributed by atoms with Crippen molar-refractivity contribution in [2.45, 2.75) is 13.3 Å². The van der Waals surface area contributed by atoms with Gasteiger partial charge in [-0.15, -0.1) is 0 Å². The Morgan fingerprint density at radius 2 is 1.84 bits per heavy atom. The molecular weight excluding hydrogens is 426 g/mol. The third-order valence-electron chi connectivity index (χ3n) is 5.32. The summed E-state index contributed by atoms with van der Waals surface area (Å²) in [5.41, 5.74) is 6.15. The van der Waals surface area contributed by atoms with Gasteiger partial charge in [-0.05, 0) is 49.2 Å². The number of aromatic nitrogens is 2. The second-order valence-electron chi connectivity index (χ2n) is 7.56. The van der Waals surface area contributed by atoms with Crippen molar-refractivity contribution in [3.05, 3.63) is 94.6 Å². The average molecular weight is 446 g/mol. The van der Waals surface area contributed by atoms with Gasteiger partial charge in [-0.1, -0.05) is 64.9 Å². The number of aryl methyl sites for hydroxylation is 1. The number of carbonyl (C=O) groups excluding carboxylic acids is 1. The van der Waals surface area contributed by atoms with Crippen LogP contribution in [0, 0.1) is 6.92 Å². The molecule has 1 N–H and O–H groups in total. The molecule has 0 saturated carbocycles.